The van der Waals surface area contributed by atoms with Crippen LogP contribution >= 0.6 is 11.6 Å². The molecular weight excluding hydrogens is 233 g/mol. The van der Waals surface area contributed by atoms with Crippen LogP contribution in [-0.4, -0.2) is 17.0 Å². The average Bonchev–Trinajstić information content (AvgIpc) is 2.10. The summed E-state index contributed by atoms with van der Waals surface area (Å²) in [6.07, 6.45) is -1.01. The van der Waals surface area contributed by atoms with Crippen molar-refractivity contribution in [2.75, 3.05) is 0 Å². The Bertz CT molecular complexity index is 393. The largest absolute Gasteiger partial charge is 0.477 e. The van der Waals surface area contributed by atoms with Crippen LogP contribution in [0.1, 0.15) is 5.56 Å². The molecule has 0 spiro atoms. The number of carboxylic acid groups (broad SMARTS) is 1. The summed E-state index contributed by atoms with van der Waals surface area (Å²) in [4.78, 5) is 10.1. The summed E-state index contributed by atoms with van der Waals surface area (Å²) in [6.45, 7) is 0. The predicted octanol–water partition coefficient (Wildman–Crippen LogP) is 2.74. The van der Waals surface area contributed by atoms with Crippen LogP contribution in [0.3, 0.4) is 0 Å². The lowest BCUT2D eigenvalue weighted by Gasteiger charge is -2.10. The van der Waals surface area contributed by atoms with E-state index in [2.05, 4.69) is 0 Å². The van der Waals surface area contributed by atoms with Crippen molar-refractivity contribution in [1.82, 2.24) is 0 Å². The highest BCUT2D eigenvalue weighted by atomic mass is 35.5. The first kappa shape index (κ1) is 11.8. The van der Waals surface area contributed by atoms with Crippen molar-refractivity contribution < 1.29 is 23.1 Å². The maximum absolute atomic E-state index is 12.7. The summed E-state index contributed by atoms with van der Waals surface area (Å²) in [5.41, 5.74) is -0.0335. The van der Waals surface area contributed by atoms with Gasteiger partial charge >= 0.3 is 11.9 Å². The average molecular weight is 239 g/mol. The second-order valence-electron chi connectivity index (χ2n) is 2.93. The summed E-state index contributed by atoms with van der Waals surface area (Å²) < 4.78 is 38.1. The first-order valence-corrected chi connectivity index (χ1v) is 4.26. The van der Waals surface area contributed by atoms with E-state index in [0.29, 0.717) is 0 Å². The Labute approximate surface area is 88.3 Å². The fourth-order valence-corrected chi connectivity index (χ4v) is 1.18. The third-order valence-electron chi connectivity index (χ3n) is 1.72. The van der Waals surface area contributed by atoms with E-state index in [4.69, 9.17) is 16.7 Å². The number of aliphatic carboxylic acids is 1. The molecule has 0 aromatic heterocycles. The fourth-order valence-electron chi connectivity index (χ4n) is 0.982. The number of alkyl halides is 2. The van der Waals surface area contributed by atoms with Crippen LogP contribution in [0.15, 0.2) is 18.2 Å². The molecule has 0 aliphatic heterocycles. The maximum Gasteiger partial charge on any atom is 0.374 e. The van der Waals surface area contributed by atoms with Crippen LogP contribution in [0.5, 0.6) is 0 Å². The highest BCUT2D eigenvalue weighted by Gasteiger charge is 2.38. The normalized spacial score (nSPS) is 11.5. The van der Waals surface area contributed by atoms with E-state index in [-0.39, 0.29) is 10.6 Å². The number of carbonyl (C=O) groups is 1. The van der Waals surface area contributed by atoms with Gasteiger partial charge in [-0.2, -0.15) is 8.78 Å². The first-order chi connectivity index (χ1) is 6.83. The topological polar surface area (TPSA) is 37.3 Å². The Balaban J connectivity index is 2.91. The fraction of sp³-hybridized carbons (Fsp3) is 0.222. The molecule has 82 valence electrons. The van der Waals surface area contributed by atoms with Gasteiger partial charge in [0, 0.05) is 6.42 Å². The number of benzene rings is 1. The Morgan fingerprint density at radius 3 is 2.53 bits per heavy atom. The Morgan fingerprint density at radius 2 is 2.07 bits per heavy atom. The quantitative estimate of drug-likeness (QED) is 0.879. The third kappa shape index (κ3) is 2.86. The van der Waals surface area contributed by atoms with Crippen LogP contribution in [0.25, 0.3) is 0 Å². The molecule has 0 radical (unpaired) electrons. The van der Waals surface area contributed by atoms with Crippen molar-refractivity contribution in [2.45, 2.75) is 12.3 Å². The van der Waals surface area contributed by atoms with Gasteiger partial charge in [0.1, 0.15) is 5.82 Å². The minimum absolute atomic E-state index is 0.0335. The predicted molar refractivity (Wildman–Crippen MR) is 47.7 cm³/mol. The number of rotatable bonds is 3. The zero-order valence-electron chi connectivity index (χ0n) is 7.31. The van der Waals surface area contributed by atoms with Gasteiger partial charge in [0.15, 0.2) is 0 Å². The van der Waals surface area contributed by atoms with Crippen LogP contribution < -0.4 is 0 Å². The van der Waals surface area contributed by atoms with Gasteiger partial charge in [0.05, 0.1) is 5.02 Å². The molecule has 1 N–H and O–H groups in total. The molecule has 0 bridgehead atoms. The molecule has 1 rings (SSSR count). The molecular formula is C9H6ClF3O2. The van der Waals surface area contributed by atoms with Gasteiger partial charge in [-0.1, -0.05) is 17.7 Å². The van der Waals surface area contributed by atoms with Crippen molar-refractivity contribution in [1.29, 1.82) is 0 Å². The standard InChI is InChI=1S/C9H6ClF3O2/c10-6-3-5(1-2-7(6)11)4-9(12,13)8(14)15/h1-3H,4H2,(H,14,15). The lowest BCUT2D eigenvalue weighted by atomic mass is 10.1. The van der Waals surface area contributed by atoms with Crippen LogP contribution in [-0.2, 0) is 11.2 Å². The van der Waals surface area contributed by atoms with Crippen molar-refractivity contribution in [2.24, 2.45) is 0 Å². The maximum atomic E-state index is 12.7. The zero-order chi connectivity index (χ0) is 11.6. The van der Waals surface area contributed by atoms with Crippen molar-refractivity contribution in [3.05, 3.63) is 34.6 Å². The molecule has 0 heterocycles. The monoisotopic (exact) mass is 238 g/mol. The van der Waals surface area contributed by atoms with E-state index in [1.165, 1.54) is 0 Å². The van der Waals surface area contributed by atoms with E-state index in [1.54, 1.807) is 0 Å². The van der Waals surface area contributed by atoms with E-state index in [0.717, 1.165) is 18.2 Å². The van der Waals surface area contributed by atoms with Crippen LogP contribution in [0.4, 0.5) is 13.2 Å². The minimum Gasteiger partial charge on any atom is -0.477 e. The van der Waals surface area contributed by atoms with Gasteiger partial charge in [-0.25, -0.2) is 9.18 Å². The minimum atomic E-state index is -3.87. The smallest absolute Gasteiger partial charge is 0.374 e. The van der Waals surface area contributed by atoms with Crippen LogP contribution in [0, 0.1) is 5.82 Å². The van der Waals surface area contributed by atoms with Gasteiger partial charge in [0.2, 0.25) is 0 Å². The summed E-state index contributed by atoms with van der Waals surface area (Å²) in [7, 11) is 0. The summed E-state index contributed by atoms with van der Waals surface area (Å²) >= 11 is 5.35. The van der Waals surface area contributed by atoms with E-state index >= 15 is 0 Å². The van der Waals surface area contributed by atoms with Gasteiger partial charge in [-0.3, -0.25) is 0 Å². The van der Waals surface area contributed by atoms with E-state index in [1.807, 2.05) is 0 Å². The van der Waals surface area contributed by atoms with Gasteiger partial charge in [-0.05, 0) is 17.7 Å². The summed E-state index contributed by atoms with van der Waals surface area (Å²) in [5, 5.41) is 7.86. The molecule has 2 nitrogen and oxygen atoms in total. The number of halogens is 4. The molecule has 0 fully saturated rings. The van der Waals surface area contributed by atoms with Crippen LogP contribution in [0.2, 0.25) is 5.02 Å². The second-order valence-corrected chi connectivity index (χ2v) is 3.34. The van der Waals surface area contributed by atoms with E-state index in [9.17, 15) is 18.0 Å². The molecule has 0 atom stereocenters. The van der Waals surface area contributed by atoms with Gasteiger partial charge in [-0.15, -0.1) is 0 Å². The number of carboxylic acids is 1. The Kier molecular flexibility index (Phi) is 3.24. The summed E-state index contributed by atoms with van der Waals surface area (Å²) in [5.74, 6) is -6.83. The number of hydrogen-bond donors (Lipinski definition) is 1. The first-order valence-electron chi connectivity index (χ1n) is 3.88. The highest BCUT2D eigenvalue weighted by Crippen LogP contribution is 2.23. The van der Waals surface area contributed by atoms with E-state index < -0.39 is 24.1 Å². The highest BCUT2D eigenvalue weighted by molar-refractivity contribution is 6.30. The van der Waals surface area contributed by atoms with Gasteiger partial charge in [0.25, 0.3) is 0 Å². The molecule has 15 heavy (non-hydrogen) atoms. The number of hydrogen-bond acceptors (Lipinski definition) is 1. The molecule has 1 aromatic carbocycles. The Hall–Kier alpha value is -1.23. The van der Waals surface area contributed by atoms with Crippen molar-refractivity contribution in [3.8, 4) is 0 Å². The van der Waals surface area contributed by atoms with Gasteiger partial charge < -0.3 is 5.11 Å². The Morgan fingerprint density at radius 1 is 1.47 bits per heavy atom. The lowest BCUT2D eigenvalue weighted by molar-refractivity contribution is -0.164. The van der Waals surface area contributed by atoms with Crippen molar-refractivity contribution >= 4 is 17.6 Å². The molecule has 1 aromatic rings. The zero-order valence-corrected chi connectivity index (χ0v) is 8.06. The lowest BCUT2D eigenvalue weighted by Crippen LogP contribution is -2.30. The molecule has 0 saturated heterocycles. The molecule has 0 aliphatic carbocycles. The van der Waals surface area contributed by atoms with Crippen molar-refractivity contribution in [3.63, 3.8) is 0 Å². The molecule has 0 aliphatic rings. The molecule has 6 heteroatoms. The molecule has 0 saturated carbocycles. The molecule has 0 unspecified atom stereocenters. The summed E-state index contributed by atoms with van der Waals surface area (Å²) in [6, 6.07) is 2.96. The SMILES string of the molecule is O=C(O)C(F)(F)Cc1ccc(F)c(Cl)c1. The second kappa shape index (κ2) is 4.10. The molecule has 0 amide bonds. The third-order valence-corrected chi connectivity index (χ3v) is 2.01.